The minimum absolute atomic E-state index is 0. The van der Waals surface area contributed by atoms with E-state index in [1.807, 2.05) is 0 Å². The molecule has 24 heavy (non-hydrogen) atoms. The number of hydrogen-bond acceptors (Lipinski definition) is 3. The highest BCUT2D eigenvalue weighted by Gasteiger charge is 2.28. The third-order valence-corrected chi connectivity index (χ3v) is 4.86. The van der Waals surface area contributed by atoms with Gasteiger partial charge in [0.25, 0.3) is 0 Å². The zero-order valence-electron chi connectivity index (χ0n) is 16.1. The van der Waals surface area contributed by atoms with Gasteiger partial charge in [-0.05, 0) is 45.2 Å². The summed E-state index contributed by atoms with van der Waals surface area (Å²) in [4.78, 5) is 9.84. The number of aliphatic hydroxyl groups excluding tert-OH is 1. The van der Waals surface area contributed by atoms with E-state index in [1.54, 1.807) is 0 Å². The van der Waals surface area contributed by atoms with Crippen molar-refractivity contribution in [1.82, 2.24) is 15.1 Å². The van der Waals surface area contributed by atoms with E-state index in [9.17, 15) is 5.11 Å². The number of likely N-dealkylation sites (tertiary alicyclic amines) is 1. The number of hydrogen-bond donors (Lipinski definition) is 2. The standard InChI is InChI=1S/C18H38N4O.HI/c1-5-9-16(11-13-23)14-20-18(19-6-2)22-12-10-17(15-22)21(7-3)8-4;/h16-17,23H,5-15H2,1-4H3,(H,19,20);1H. The van der Waals surface area contributed by atoms with E-state index in [4.69, 9.17) is 4.99 Å². The molecule has 0 saturated carbocycles. The van der Waals surface area contributed by atoms with E-state index in [0.29, 0.717) is 12.0 Å². The number of likely N-dealkylation sites (N-methyl/N-ethyl adjacent to an activating group) is 1. The zero-order chi connectivity index (χ0) is 17.1. The molecule has 2 unspecified atom stereocenters. The Morgan fingerprint density at radius 1 is 1.25 bits per heavy atom. The highest BCUT2D eigenvalue weighted by atomic mass is 127. The van der Waals surface area contributed by atoms with Gasteiger partial charge in [-0.3, -0.25) is 9.89 Å². The van der Waals surface area contributed by atoms with Crippen LogP contribution in [0.3, 0.4) is 0 Å². The summed E-state index contributed by atoms with van der Waals surface area (Å²) in [5.74, 6) is 1.56. The quantitative estimate of drug-likeness (QED) is 0.303. The number of halogens is 1. The minimum atomic E-state index is 0. The molecule has 2 N–H and O–H groups in total. The van der Waals surface area contributed by atoms with Gasteiger partial charge in [0.2, 0.25) is 0 Å². The Morgan fingerprint density at radius 2 is 1.96 bits per heavy atom. The Kier molecular flexibility index (Phi) is 14.1. The smallest absolute Gasteiger partial charge is 0.193 e. The van der Waals surface area contributed by atoms with Crippen LogP contribution >= 0.6 is 24.0 Å². The van der Waals surface area contributed by atoms with E-state index in [2.05, 4.69) is 42.8 Å². The fourth-order valence-electron chi connectivity index (χ4n) is 3.53. The molecule has 1 aliphatic rings. The van der Waals surface area contributed by atoms with Crippen molar-refractivity contribution in [2.24, 2.45) is 10.9 Å². The summed E-state index contributed by atoms with van der Waals surface area (Å²) in [6.07, 6.45) is 4.38. The summed E-state index contributed by atoms with van der Waals surface area (Å²) in [6.45, 7) is 15.2. The summed E-state index contributed by atoms with van der Waals surface area (Å²) >= 11 is 0. The van der Waals surface area contributed by atoms with E-state index < -0.39 is 0 Å². The Balaban J connectivity index is 0.00000529. The number of guanidine groups is 1. The number of nitrogens with one attached hydrogen (secondary N) is 1. The van der Waals surface area contributed by atoms with Crippen molar-refractivity contribution in [3.05, 3.63) is 0 Å². The fourth-order valence-corrected chi connectivity index (χ4v) is 3.53. The molecule has 0 aliphatic carbocycles. The molecule has 1 aliphatic heterocycles. The van der Waals surface area contributed by atoms with Gasteiger partial charge >= 0.3 is 0 Å². The first-order chi connectivity index (χ1) is 11.2. The lowest BCUT2D eigenvalue weighted by atomic mass is 10.0. The third-order valence-electron chi connectivity index (χ3n) is 4.86. The second-order valence-electron chi connectivity index (χ2n) is 6.47. The molecule has 2 atom stereocenters. The van der Waals surface area contributed by atoms with Crippen LogP contribution in [0.2, 0.25) is 0 Å². The summed E-state index contributed by atoms with van der Waals surface area (Å²) in [5, 5.41) is 12.7. The van der Waals surface area contributed by atoms with Crippen LogP contribution in [0.4, 0.5) is 0 Å². The predicted molar refractivity (Wildman–Crippen MR) is 114 cm³/mol. The summed E-state index contributed by atoms with van der Waals surface area (Å²) in [7, 11) is 0. The number of rotatable bonds is 10. The van der Waals surface area contributed by atoms with Gasteiger partial charge in [0.1, 0.15) is 0 Å². The molecule has 0 aromatic heterocycles. The lowest BCUT2D eigenvalue weighted by Crippen LogP contribution is -2.43. The normalized spacial score (nSPS) is 19.5. The van der Waals surface area contributed by atoms with E-state index in [-0.39, 0.29) is 30.6 Å². The summed E-state index contributed by atoms with van der Waals surface area (Å²) in [6, 6.07) is 0.651. The SMILES string of the molecule is CCCC(CCO)CN=C(NCC)N1CCC(N(CC)CC)C1.I. The molecular weight excluding hydrogens is 415 g/mol. The largest absolute Gasteiger partial charge is 0.396 e. The second kappa shape index (κ2) is 14.1. The molecule has 0 amide bonds. The summed E-state index contributed by atoms with van der Waals surface area (Å²) < 4.78 is 0. The molecule has 1 fully saturated rings. The van der Waals surface area contributed by atoms with Crippen LogP contribution in [0, 0.1) is 5.92 Å². The molecule has 0 spiro atoms. The second-order valence-corrected chi connectivity index (χ2v) is 6.47. The first-order valence-corrected chi connectivity index (χ1v) is 9.58. The molecule has 0 bridgehead atoms. The van der Waals surface area contributed by atoms with Crippen LogP contribution in [0.5, 0.6) is 0 Å². The monoisotopic (exact) mass is 454 g/mol. The highest BCUT2D eigenvalue weighted by molar-refractivity contribution is 14.0. The van der Waals surface area contributed by atoms with Gasteiger partial charge in [0.15, 0.2) is 5.96 Å². The average Bonchev–Trinajstić information content (AvgIpc) is 3.02. The molecule has 1 heterocycles. The van der Waals surface area contributed by atoms with Gasteiger partial charge in [0.05, 0.1) is 0 Å². The van der Waals surface area contributed by atoms with Crippen molar-refractivity contribution in [1.29, 1.82) is 0 Å². The van der Waals surface area contributed by atoms with Crippen LogP contribution in [0.1, 0.15) is 53.4 Å². The van der Waals surface area contributed by atoms with Crippen molar-refractivity contribution < 1.29 is 5.11 Å². The Morgan fingerprint density at radius 3 is 2.50 bits per heavy atom. The minimum Gasteiger partial charge on any atom is -0.396 e. The molecule has 1 saturated heterocycles. The van der Waals surface area contributed by atoms with Crippen LogP contribution < -0.4 is 5.32 Å². The fraction of sp³-hybridized carbons (Fsp3) is 0.944. The van der Waals surface area contributed by atoms with Crippen LogP contribution in [-0.4, -0.2) is 72.8 Å². The molecule has 144 valence electrons. The lowest BCUT2D eigenvalue weighted by Gasteiger charge is -2.27. The van der Waals surface area contributed by atoms with Crippen molar-refractivity contribution >= 4 is 29.9 Å². The van der Waals surface area contributed by atoms with Gasteiger partial charge in [-0.25, -0.2) is 0 Å². The van der Waals surface area contributed by atoms with Crippen molar-refractivity contribution in [2.75, 3.05) is 45.9 Å². The summed E-state index contributed by atoms with van der Waals surface area (Å²) in [5.41, 5.74) is 0. The first kappa shape index (κ1) is 23.9. The topological polar surface area (TPSA) is 51.1 Å². The predicted octanol–water partition coefficient (Wildman–Crippen LogP) is 2.78. The number of aliphatic hydroxyl groups is 1. The maximum absolute atomic E-state index is 9.21. The molecule has 5 nitrogen and oxygen atoms in total. The van der Waals surface area contributed by atoms with E-state index in [1.165, 1.54) is 6.42 Å². The molecule has 0 aromatic carbocycles. The molecule has 0 radical (unpaired) electrons. The van der Waals surface area contributed by atoms with Crippen molar-refractivity contribution in [3.63, 3.8) is 0 Å². The van der Waals surface area contributed by atoms with Crippen molar-refractivity contribution in [3.8, 4) is 0 Å². The van der Waals surface area contributed by atoms with Gasteiger partial charge < -0.3 is 15.3 Å². The van der Waals surface area contributed by atoms with E-state index >= 15 is 0 Å². The number of aliphatic imine (C=N–C) groups is 1. The Hall–Kier alpha value is -0.0800. The lowest BCUT2D eigenvalue weighted by molar-refractivity contribution is 0.223. The molecule has 6 heteroatoms. The first-order valence-electron chi connectivity index (χ1n) is 9.58. The van der Waals surface area contributed by atoms with Crippen LogP contribution in [-0.2, 0) is 0 Å². The third kappa shape index (κ3) is 7.87. The zero-order valence-corrected chi connectivity index (χ0v) is 18.5. The van der Waals surface area contributed by atoms with Gasteiger partial charge in [-0.15, -0.1) is 24.0 Å². The Bertz CT molecular complexity index is 331. The maximum atomic E-state index is 9.21. The number of nitrogens with zero attached hydrogens (tertiary/aromatic N) is 3. The van der Waals surface area contributed by atoms with Crippen LogP contribution in [0.15, 0.2) is 4.99 Å². The average molecular weight is 454 g/mol. The van der Waals surface area contributed by atoms with Crippen LogP contribution in [0.25, 0.3) is 0 Å². The van der Waals surface area contributed by atoms with Gasteiger partial charge in [-0.1, -0.05) is 27.2 Å². The van der Waals surface area contributed by atoms with Gasteiger partial charge in [0, 0.05) is 38.8 Å². The molecule has 0 aromatic rings. The van der Waals surface area contributed by atoms with E-state index in [0.717, 1.165) is 64.5 Å². The molecule has 1 rings (SSSR count). The molecular formula is C18H39IN4O. The van der Waals surface area contributed by atoms with Crippen molar-refractivity contribution in [2.45, 2.75) is 59.4 Å². The Labute approximate surface area is 166 Å². The highest BCUT2D eigenvalue weighted by Crippen LogP contribution is 2.16. The van der Waals surface area contributed by atoms with Gasteiger partial charge in [-0.2, -0.15) is 0 Å². The maximum Gasteiger partial charge on any atom is 0.193 e.